The van der Waals surface area contributed by atoms with Gasteiger partial charge in [0, 0.05) is 20.8 Å². The second-order valence-electron chi connectivity index (χ2n) is 10.1. The molecule has 0 fully saturated rings. The highest BCUT2D eigenvalue weighted by molar-refractivity contribution is 5.74. The van der Waals surface area contributed by atoms with E-state index in [1.165, 1.54) is 97.0 Å². The van der Waals surface area contributed by atoms with Gasteiger partial charge in [-0.25, -0.2) is 0 Å². The molecule has 1 N–H and O–H groups in total. The number of amides is 1. The number of benzene rings is 1. The molecule has 0 heterocycles. The molecule has 1 aromatic rings. The zero-order chi connectivity index (χ0) is 26.7. The van der Waals surface area contributed by atoms with Crippen LogP contribution in [0.5, 0.6) is 0 Å². The molecule has 1 amide bonds. The van der Waals surface area contributed by atoms with E-state index < -0.39 is 17.5 Å². The Morgan fingerprint density at radius 3 is 1.50 bits per heavy atom. The highest BCUT2D eigenvalue weighted by Crippen LogP contribution is 2.19. The first-order valence-corrected chi connectivity index (χ1v) is 13.9. The molecule has 0 aliphatic carbocycles. The average Bonchev–Trinajstić information content (AvgIpc) is 2.83. The van der Waals surface area contributed by atoms with Gasteiger partial charge in [0.05, 0.1) is 0 Å². The van der Waals surface area contributed by atoms with Gasteiger partial charge >= 0.3 is 11.9 Å². The van der Waals surface area contributed by atoms with E-state index in [2.05, 4.69) is 36.5 Å². The lowest BCUT2D eigenvalue weighted by Crippen LogP contribution is -2.55. The van der Waals surface area contributed by atoms with Crippen LogP contribution in [0.25, 0.3) is 0 Å². The van der Waals surface area contributed by atoms with E-state index in [-0.39, 0.29) is 19.1 Å². The maximum Gasteiger partial charge on any atom is 0.302 e. The predicted octanol–water partition coefficient (Wildman–Crippen LogP) is 6.47. The Hall–Kier alpha value is -2.37. The highest BCUT2D eigenvalue weighted by Gasteiger charge is 2.34. The zero-order valence-corrected chi connectivity index (χ0v) is 23.2. The number of hydrogen-bond donors (Lipinski definition) is 1. The monoisotopic (exact) mass is 503 g/mol. The standard InChI is InChI=1S/C30H49NO5/c1-5-6-7-8-9-10-11-12-13-14-15-16-28-17-19-29(20-18-28)21-22-30(31-25(2)32,23-35-26(3)33)24-36-27(4)34/h17-20H,5-16,21-24H2,1-4H3,(H,31,32). The summed E-state index contributed by atoms with van der Waals surface area (Å²) < 4.78 is 10.4. The second kappa shape index (κ2) is 18.8. The number of ether oxygens (including phenoxy) is 2. The molecule has 6 heteroatoms. The van der Waals surface area contributed by atoms with Crippen molar-refractivity contribution in [2.24, 2.45) is 0 Å². The van der Waals surface area contributed by atoms with Gasteiger partial charge in [0.25, 0.3) is 0 Å². The molecule has 0 saturated carbocycles. The normalized spacial score (nSPS) is 11.2. The summed E-state index contributed by atoms with van der Waals surface area (Å²) in [4.78, 5) is 34.7. The van der Waals surface area contributed by atoms with Crippen molar-refractivity contribution in [1.29, 1.82) is 0 Å². The van der Waals surface area contributed by atoms with Gasteiger partial charge in [-0.3, -0.25) is 14.4 Å². The summed E-state index contributed by atoms with van der Waals surface area (Å²) >= 11 is 0. The van der Waals surface area contributed by atoms with Crippen molar-refractivity contribution < 1.29 is 23.9 Å². The highest BCUT2D eigenvalue weighted by atomic mass is 16.5. The third-order valence-corrected chi connectivity index (χ3v) is 6.53. The van der Waals surface area contributed by atoms with E-state index in [1.807, 2.05) is 0 Å². The van der Waals surface area contributed by atoms with Crippen LogP contribution >= 0.6 is 0 Å². The summed E-state index contributed by atoms with van der Waals surface area (Å²) in [5.74, 6) is -1.16. The minimum absolute atomic E-state index is 0.0495. The molecule has 0 spiro atoms. The largest absolute Gasteiger partial charge is 0.463 e. The third kappa shape index (κ3) is 15.6. The Morgan fingerprint density at radius 1 is 0.667 bits per heavy atom. The van der Waals surface area contributed by atoms with E-state index in [1.54, 1.807) is 0 Å². The van der Waals surface area contributed by atoms with E-state index in [4.69, 9.17) is 9.47 Å². The minimum Gasteiger partial charge on any atom is -0.463 e. The van der Waals surface area contributed by atoms with Gasteiger partial charge in [0.2, 0.25) is 5.91 Å². The second-order valence-corrected chi connectivity index (χ2v) is 10.1. The molecule has 6 nitrogen and oxygen atoms in total. The van der Waals surface area contributed by atoms with Crippen molar-refractivity contribution >= 4 is 17.8 Å². The first-order chi connectivity index (χ1) is 17.3. The summed E-state index contributed by atoms with van der Waals surface area (Å²) in [6, 6.07) is 8.57. The van der Waals surface area contributed by atoms with E-state index in [9.17, 15) is 14.4 Å². The van der Waals surface area contributed by atoms with Gasteiger partial charge in [-0.15, -0.1) is 0 Å². The zero-order valence-electron chi connectivity index (χ0n) is 23.2. The molecular formula is C30H49NO5. The Labute approximate surface area is 218 Å². The Bertz CT molecular complexity index is 741. The van der Waals surface area contributed by atoms with Crippen molar-refractivity contribution in [3.05, 3.63) is 35.4 Å². The van der Waals surface area contributed by atoms with Gasteiger partial charge in [-0.2, -0.15) is 0 Å². The molecule has 1 aromatic carbocycles. The number of carbonyl (C=O) groups is 3. The fraction of sp³-hybridized carbons (Fsp3) is 0.700. The van der Waals surface area contributed by atoms with Crippen LogP contribution in [-0.4, -0.2) is 36.6 Å². The Morgan fingerprint density at radius 2 is 1.08 bits per heavy atom. The molecule has 0 atom stereocenters. The fourth-order valence-electron chi connectivity index (χ4n) is 4.42. The lowest BCUT2D eigenvalue weighted by Gasteiger charge is -2.33. The first kappa shape index (κ1) is 31.7. The van der Waals surface area contributed by atoms with Crippen LogP contribution in [0.2, 0.25) is 0 Å². The van der Waals surface area contributed by atoms with Crippen LogP contribution in [0.4, 0.5) is 0 Å². The SMILES string of the molecule is CCCCCCCCCCCCCc1ccc(CCC(COC(C)=O)(COC(C)=O)NC(C)=O)cc1. The number of rotatable bonds is 20. The van der Waals surface area contributed by atoms with Crippen LogP contribution in [0.15, 0.2) is 24.3 Å². The lowest BCUT2D eigenvalue weighted by molar-refractivity contribution is -0.150. The van der Waals surface area contributed by atoms with Crippen molar-refractivity contribution in [2.75, 3.05) is 13.2 Å². The van der Waals surface area contributed by atoms with Crippen molar-refractivity contribution in [1.82, 2.24) is 5.32 Å². The van der Waals surface area contributed by atoms with Gasteiger partial charge in [0.1, 0.15) is 18.8 Å². The molecular weight excluding hydrogens is 454 g/mol. The molecule has 0 radical (unpaired) electrons. The topological polar surface area (TPSA) is 81.7 Å². The third-order valence-electron chi connectivity index (χ3n) is 6.53. The van der Waals surface area contributed by atoms with Crippen LogP contribution in [0, 0.1) is 0 Å². The number of esters is 2. The van der Waals surface area contributed by atoms with E-state index >= 15 is 0 Å². The molecule has 36 heavy (non-hydrogen) atoms. The maximum absolute atomic E-state index is 11.9. The Kier molecular flexibility index (Phi) is 16.6. The molecule has 0 aromatic heterocycles. The van der Waals surface area contributed by atoms with Crippen LogP contribution < -0.4 is 5.32 Å². The Balaban J connectivity index is 2.45. The number of hydrogen-bond acceptors (Lipinski definition) is 5. The molecule has 0 saturated heterocycles. The quantitative estimate of drug-likeness (QED) is 0.163. The minimum atomic E-state index is -0.961. The smallest absolute Gasteiger partial charge is 0.302 e. The van der Waals surface area contributed by atoms with Gasteiger partial charge in [-0.1, -0.05) is 95.4 Å². The van der Waals surface area contributed by atoms with Crippen LogP contribution in [0.1, 0.15) is 116 Å². The van der Waals surface area contributed by atoms with Crippen molar-refractivity contribution in [3.63, 3.8) is 0 Å². The summed E-state index contributed by atoms with van der Waals surface area (Å²) in [6.07, 6.45) is 17.0. The van der Waals surface area contributed by atoms with Crippen LogP contribution in [-0.2, 0) is 36.7 Å². The summed E-state index contributed by atoms with van der Waals surface area (Å²) in [5.41, 5.74) is 1.50. The van der Waals surface area contributed by atoms with Gasteiger partial charge < -0.3 is 14.8 Å². The molecule has 0 aliphatic heterocycles. The molecule has 0 unspecified atom stereocenters. The van der Waals surface area contributed by atoms with E-state index in [0.717, 1.165) is 12.0 Å². The molecule has 0 aliphatic rings. The summed E-state index contributed by atoms with van der Waals surface area (Å²) in [7, 11) is 0. The van der Waals surface area contributed by atoms with E-state index in [0.29, 0.717) is 12.8 Å². The first-order valence-electron chi connectivity index (χ1n) is 13.9. The van der Waals surface area contributed by atoms with Gasteiger partial charge in [0.15, 0.2) is 0 Å². The number of unbranched alkanes of at least 4 members (excludes halogenated alkanes) is 10. The predicted molar refractivity (Wildman–Crippen MR) is 145 cm³/mol. The van der Waals surface area contributed by atoms with Crippen molar-refractivity contribution in [2.45, 2.75) is 123 Å². The average molecular weight is 504 g/mol. The van der Waals surface area contributed by atoms with Crippen molar-refractivity contribution in [3.8, 4) is 0 Å². The molecule has 0 bridgehead atoms. The lowest BCUT2D eigenvalue weighted by atomic mass is 9.91. The number of carbonyl (C=O) groups excluding carboxylic acids is 3. The number of aryl methyl sites for hydroxylation is 2. The molecule has 1 rings (SSSR count). The van der Waals surface area contributed by atoms with Gasteiger partial charge in [-0.05, 0) is 36.8 Å². The summed E-state index contributed by atoms with van der Waals surface area (Å²) in [6.45, 7) is 6.20. The summed E-state index contributed by atoms with van der Waals surface area (Å²) in [5, 5.41) is 2.86. The fourth-order valence-corrected chi connectivity index (χ4v) is 4.42. The maximum atomic E-state index is 11.9. The number of nitrogens with one attached hydrogen (secondary N) is 1. The van der Waals surface area contributed by atoms with Crippen LogP contribution in [0.3, 0.4) is 0 Å². The molecule has 204 valence electrons.